The summed E-state index contributed by atoms with van der Waals surface area (Å²) in [6.45, 7) is 5.23. The van der Waals surface area contributed by atoms with E-state index in [-0.39, 0.29) is 5.92 Å². The van der Waals surface area contributed by atoms with Gasteiger partial charge >= 0.3 is 0 Å². The number of likely N-dealkylation sites (tertiary alicyclic amines) is 1. The highest BCUT2D eigenvalue weighted by Gasteiger charge is 2.39. The third-order valence-electron chi connectivity index (χ3n) is 5.44. The number of carbonyl (C=O) groups excluding carboxylic acids is 1. The van der Waals surface area contributed by atoms with Crippen LogP contribution in [0, 0.1) is 17.8 Å². The number of rotatable bonds is 2. The fraction of sp³-hybridized carbons (Fsp3) is 0.933. The predicted molar refractivity (Wildman–Crippen MR) is 72.2 cm³/mol. The smallest absolute Gasteiger partial charge is 0.226 e. The van der Waals surface area contributed by atoms with Gasteiger partial charge in [-0.3, -0.25) is 4.79 Å². The lowest BCUT2D eigenvalue weighted by atomic mass is 9.77. The zero-order valence-corrected chi connectivity index (χ0v) is 11.5. The molecule has 0 aromatic rings. The Bertz CT molecular complexity index is 312. The molecule has 0 aromatic carbocycles. The van der Waals surface area contributed by atoms with Crippen LogP contribution in [-0.2, 0) is 4.79 Å². The topological polar surface area (TPSA) is 32.3 Å². The molecular formula is C15H26N2O. The Hall–Kier alpha value is -0.570. The second-order valence-corrected chi connectivity index (χ2v) is 6.49. The van der Waals surface area contributed by atoms with Crippen molar-refractivity contribution in [3.63, 3.8) is 0 Å². The van der Waals surface area contributed by atoms with Crippen LogP contribution in [0.1, 0.15) is 45.4 Å². The van der Waals surface area contributed by atoms with Crippen LogP contribution >= 0.6 is 0 Å². The number of amides is 1. The van der Waals surface area contributed by atoms with Gasteiger partial charge in [0, 0.05) is 18.5 Å². The van der Waals surface area contributed by atoms with Gasteiger partial charge in [0.15, 0.2) is 0 Å². The number of nitrogens with one attached hydrogen (secondary N) is 1. The molecule has 0 bridgehead atoms. The van der Waals surface area contributed by atoms with Crippen LogP contribution in [0.3, 0.4) is 0 Å². The second-order valence-electron chi connectivity index (χ2n) is 6.49. The van der Waals surface area contributed by atoms with Crippen molar-refractivity contribution in [2.45, 2.75) is 51.5 Å². The van der Waals surface area contributed by atoms with E-state index in [0.717, 1.165) is 25.6 Å². The number of fused-ring (bicyclic) bond motifs is 1. The summed E-state index contributed by atoms with van der Waals surface area (Å²) in [7, 11) is 0. The first-order valence-electron chi connectivity index (χ1n) is 7.78. The third kappa shape index (κ3) is 2.18. The van der Waals surface area contributed by atoms with Gasteiger partial charge in [-0.2, -0.15) is 0 Å². The van der Waals surface area contributed by atoms with Crippen molar-refractivity contribution in [2.75, 3.05) is 19.6 Å². The van der Waals surface area contributed by atoms with Gasteiger partial charge < -0.3 is 10.2 Å². The van der Waals surface area contributed by atoms with Gasteiger partial charge in [-0.25, -0.2) is 0 Å². The minimum Gasteiger partial charge on any atom is -0.339 e. The normalized spacial score (nSPS) is 34.6. The lowest BCUT2D eigenvalue weighted by Crippen LogP contribution is -2.55. The zero-order chi connectivity index (χ0) is 12.5. The molecule has 102 valence electrons. The lowest BCUT2D eigenvalue weighted by molar-refractivity contribution is -0.143. The van der Waals surface area contributed by atoms with Crippen LogP contribution in [-0.4, -0.2) is 36.5 Å². The van der Waals surface area contributed by atoms with Crippen LogP contribution < -0.4 is 5.32 Å². The van der Waals surface area contributed by atoms with Crippen molar-refractivity contribution >= 4 is 5.91 Å². The molecule has 1 saturated carbocycles. The Balaban J connectivity index is 1.67. The highest BCUT2D eigenvalue weighted by Crippen LogP contribution is 2.36. The monoisotopic (exact) mass is 250 g/mol. The molecule has 0 aromatic heterocycles. The molecule has 3 rings (SSSR count). The van der Waals surface area contributed by atoms with E-state index in [1.54, 1.807) is 0 Å². The first kappa shape index (κ1) is 12.5. The van der Waals surface area contributed by atoms with E-state index in [1.165, 1.54) is 38.5 Å². The highest BCUT2D eigenvalue weighted by molar-refractivity contribution is 5.79. The lowest BCUT2D eigenvalue weighted by Gasteiger charge is -2.46. The number of hydrogen-bond acceptors (Lipinski definition) is 2. The molecule has 18 heavy (non-hydrogen) atoms. The SMILES string of the molecule is CC(C(=O)N1CCC[C@H]2CCCC[C@H]21)C1CNC1. The highest BCUT2D eigenvalue weighted by atomic mass is 16.2. The quantitative estimate of drug-likeness (QED) is 0.813. The second kappa shape index (κ2) is 5.20. The molecule has 2 aliphatic heterocycles. The fourth-order valence-corrected chi connectivity index (χ4v) is 4.03. The van der Waals surface area contributed by atoms with Crippen LogP contribution in [0.15, 0.2) is 0 Å². The van der Waals surface area contributed by atoms with Gasteiger partial charge in [0.25, 0.3) is 0 Å². The first-order valence-corrected chi connectivity index (χ1v) is 7.78. The van der Waals surface area contributed by atoms with E-state index >= 15 is 0 Å². The Morgan fingerprint density at radius 2 is 1.89 bits per heavy atom. The van der Waals surface area contributed by atoms with E-state index in [4.69, 9.17) is 0 Å². The van der Waals surface area contributed by atoms with E-state index in [1.807, 2.05) is 0 Å². The van der Waals surface area contributed by atoms with Crippen molar-refractivity contribution in [1.29, 1.82) is 0 Å². The maximum Gasteiger partial charge on any atom is 0.226 e. The van der Waals surface area contributed by atoms with Crippen molar-refractivity contribution in [1.82, 2.24) is 10.2 Å². The Morgan fingerprint density at radius 1 is 1.17 bits per heavy atom. The summed E-state index contributed by atoms with van der Waals surface area (Å²) in [5, 5.41) is 3.29. The van der Waals surface area contributed by atoms with E-state index in [9.17, 15) is 4.79 Å². The standard InChI is InChI=1S/C15H26N2O/c1-11(13-9-16-10-13)15(18)17-8-4-6-12-5-2-3-7-14(12)17/h11-14,16H,2-10H2,1H3/t11?,12-,14-/m1/s1. The summed E-state index contributed by atoms with van der Waals surface area (Å²) >= 11 is 0. The molecule has 0 spiro atoms. The van der Waals surface area contributed by atoms with Crippen LogP contribution in [0.5, 0.6) is 0 Å². The summed E-state index contributed by atoms with van der Waals surface area (Å²) in [5.41, 5.74) is 0. The van der Waals surface area contributed by atoms with Crippen molar-refractivity contribution in [2.24, 2.45) is 17.8 Å². The molecule has 2 saturated heterocycles. The molecule has 3 nitrogen and oxygen atoms in total. The average molecular weight is 250 g/mol. The zero-order valence-electron chi connectivity index (χ0n) is 11.5. The summed E-state index contributed by atoms with van der Waals surface area (Å²) in [5.74, 6) is 2.06. The summed E-state index contributed by atoms with van der Waals surface area (Å²) in [6, 6.07) is 0.579. The Morgan fingerprint density at radius 3 is 2.61 bits per heavy atom. The number of carbonyl (C=O) groups is 1. The first-order chi connectivity index (χ1) is 8.77. The van der Waals surface area contributed by atoms with Gasteiger partial charge in [0.2, 0.25) is 5.91 Å². The molecule has 2 heterocycles. The largest absolute Gasteiger partial charge is 0.339 e. The van der Waals surface area contributed by atoms with Gasteiger partial charge in [-0.15, -0.1) is 0 Å². The van der Waals surface area contributed by atoms with Crippen molar-refractivity contribution < 1.29 is 4.79 Å². The van der Waals surface area contributed by atoms with Gasteiger partial charge in [-0.1, -0.05) is 19.8 Å². The van der Waals surface area contributed by atoms with E-state index < -0.39 is 0 Å². The maximum atomic E-state index is 12.7. The minimum atomic E-state index is 0.229. The van der Waals surface area contributed by atoms with Crippen molar-refractivity contribution in [3.05, 3.63) is 0 Å². The minimum absolute atomic E-state index is 0.229. The molecule has 1 unspecified atom stereocenters. The molecule has 3 aliphatic rings. The molecule has 1 aliphatic carbocycles. The number of hydrogen-bond donors (Lipinski definition) is 1. The molecule has 3 atom stereocenters. The van der Waals surface area contributed by atoms with Gasteiger partial charge in [0.1, 0.15) is 0 Å². The van der Waals surface area contributed by atoms with E-state index in [0.29, 0.717) is 17.9 Å². The third-order valence-corrected chi connectivity index (χ3v) is 5.44. The molecular weight excluding hydrogens is 224 g/mol. The predicted octanol–water partition coefficient (Wildman–Crippen LogP) is 2.02. The molecule has 3 heteroatoms. The number of piperidine rings is 1. The fourth-order valence-electron chi connectivity index (χ4n) is 4.03. The molecule has 3 fully saturated rings. The van der Waals surface area contributed by atoms with Gasteiger partial charge in [0.05, 0.1) is 0 Å². The molecule has 1 amide bonds. The van der Waals surface area contributed by atoms with E-state index in [2.05, 4.69) is 17.1 Å². The molecule has 1 N–H and O–H groups in total. The Labute approximate surface area is 110 Å². The van der Waals surface area contributed by atoms with Crippen LogP contribution in [0.2, 0.25) is 0 Å². The summed E-state index contributed by atoms with van der Waals surface area (Å²) in [6.07, 6.45) is 7.89. The van der Waals surface area contributed by atoms with Crippen LogP contribution in [0.25, 0.3) is 0 Å². The van der Waals surface area contributed by atoms with Gasteiger partial charge in [-0.05, 0) is 50.6 Å². The average Bonchev–Trinajstić information content (AvgIpc) is 2.35. The van der Waals surface area contributed by atoms with Crippen LogP contribution in [0.4, 0.5) is 0 Å². The molecule has 0 radical (unpaired) electrons. The Kier molecular flexibility index (Phi) is 3.60. The maximum absolute atomic E-state index is 12.7. The summed E-state index contributed by atoms with van der Waals surface area (Å²) in [4.78, 5) is 14.9. The number of nitrogens with zero attached hydrogens (tertiary/aromatic N) is 1. The van der Waals surface area contributed by atoms with Crippen molar-refractivity contribution in [3.8, 4) is 0 Å². The summed E-state index contributed by atoms with van der Waals surface area (Å²) < 4.78 is 0.